The third-order valence-corrected chi connectivity index (χ3v) is 4.47. The highest BCUT2D eigenvalue weighted by Gasteiger charge is 2.27. The van der Waals surface area contributed by atoms with E-state index < -0.39 is 5.97 Å². The van der Waals surface area contributed by atoms with Crippen molar-refractivity contribution >= 4 is 23.3 Å². The van der Waals surface area contributed by atoms with E-state index in [1.807, 2.05) is 36.4 Å². The molecule has 1 aromatic carbocycles. The summed E-state index contributed by atoms with van der Waals surface area (Å²) in [5, 5.41) is 11.2. The number of carbonyl (C=O) groups excluding carboxylic acids is 1. The number of nitrogens with one attached hydrogen (secondary N) is 1. The van der Waals surface area contributed by atoms with Gasteiger partial charge in [-0.2, -0.15) is 0 Å². The number of hydrogen-bond acceptors (Lipinski definition) is 8. The highest BCUT2D eigenvalue weighted by Crippen LogP contribution is 2.26. The van der Waals surface area contributed by atoms with Gasteiger partial charge in [-0.05, 0) is 18.6 Å². The fourth-order valence-electron chi connectivity index (χ4n) is 3.08. The smallest absolute Gasteiger partial charge is 0.360 e. The molecule has 0 aliphatic carbocycles. The first-order chi connectivity index (χ1) is 13.2. The summed E-state index contributed by atoms with van der Waals surface area (Å²) in [6, 6.07) is 11.9. The van der Waals surface area contributed by atoms with Crippen LogP contribution in [0.1, 0.15) is 23.0 Å². The number of anilines is 3. The molecule has 1 N–H and O–H groups in total. The maximum absolute atomic E-state index is 11.5. The van der Waals surface area contributed by atoms with Gasteiger partial charge in [0.1, 0.15) is 18.0 Å². The minimum absolute atomic E-state index is 0.122. The Morgan fingerprint density at radius 3 is 2.93 bits per heavy atom. The van der Waals surface area contributed by atoms with E-state index in [0.29, 0.717) is 0 Å². The van der Waals surface area contributed by atoms with Crippen molar-refractivity contribution < 1.29 is 9.53 Å². The number of nitrogens with zero attached hydrogens (tertiary/aromatic N) is 6. The number of hydrogen-bond donors (Lipinski definition) is 1. The molecule has 2 aromatic heterocycles. The van der Waals surface area contributed by atoms with Crippen molar-refractivity contribution in [2.75, 3.05) is 30.4 Å². The van der Waals surface area contributed by atoms with Gasteiger partial charge in [0.2, 0.25) is 0 Å². The first kappa shape index (κ1) is 17.0. The molecule has 1 unspecified atom stereocenters. The monoisotopic (exact) mass is 365 g/mol. The first-order valence-electron chi connectivity index (χ1n) is 8.62. The van der Waals surface area contributed by atoms with Crippen molar-refractivity contribution in [3.05, 3.63) is 54.6 Å². The number of esters is 1. The predicted octanol–water partition coefficient (Wildman–Crippen LogP) is 2.05. The van der Waals surface area contributed by atoms with E-state index >= 15 is 0 Å². The summed E-state index contributed by atoms with van der Waals surface area (Å²) in [6.07, 6.45) is 4.07. The van der Waals surface area contributed by atoms with Crippen LogP contribution < -0.4 is 10.2 Å². The summed E-state index contributed by atoms with van der Waals surface area (Å²) in [5.41, 5.74) is 1.19. The minimum Gasteiger partial charge on any atom is -0.464 e. The van der Waals surface area contributed by atoms with E-state index in [0.717, 1.165) is 36.8 Å². The van der Waals surface area contributed by atoms with Gasteiger partial charge in [0.15, 0.2) is 5.69 Å². The summed E-state index contributed by atoms with van der Waals surface area (Å²) in [6.45, 7) is 1.56. The van der Waals surface area contributed by atoms with Crippen LogP contribution >= 0.6 is 0 Å². The van der Waals surface area contributed by atoms with E-state index in [4.69, 9.17) is 0 Å². The topological polar surface area (TPSA) is 98.1 Å². The number of rotatable bonds is 5. The summed E-state index contributed by atoms with van der Waals surface area (Å²) < 4.78 is 6.39. The fraction of sp³-hybridized carbons (Fsp3) is 0.278. The zero-order valence-corrected chi connectivity index (χ0v) is 14.8. The first-order valence-corrected chi connectivity index (χ1v) is 8.62. The van der Waals surface area contributed by atoms with Gasteiger partial charge < -0.3 is 15.0 Å². The average molecular weight is 365 g/mol. The molecule has 0 amide bonds. The number of benzene rings is 1. The molecule has 9 nitrogen and oxygen atoms in total. The Hall–Kier alpha value is -3.49. The molecule has 1 aliphatic heterocycles. The molecule has 0 radical (unpaired) electrons. The lowest BCUT2D eigenvalue weighted by atomic mass is 10.3. The Balaban J connectivity index is 1.45. The Labute approximate surface area is 156 Å². The van der Waals surface area contributed by atoms with Crippen LogP contribution in [-0.4, -0.2) is 51.1 Å². The van der Waals surface area contributed by atoms with Crippen LogP contribution in [0.4, 0.5) is 17.3 Å². The van der Waals surface area contributed by atoms with Crippen LogP contribution in [0.3, 0.4) is 0 Å². The van der Waals surface area contributed by atoms with Crippen LogP contribution in [0.5, 0.6) is 0 Å². The minimum atomic E-state index is -0.483. The van der Waals surface area contributed by atoms with Crippen LogP contribution in [0.25, 0.3) is 0 Å². The van der Waals surface area contributed by atoms with Crippen LogP contribution in [0, 0.1) is 0 Å². The molecular formula is C18H19N7O2. The molecular weight excluding hydrogens is 346 g/mol. The molecule has 0 spiro atoms. The van der Waals surface area contributed by atoms with Gasteiger partial charge in [-0.1, -0.05) is 23.4 Å². The van der Waals surface area contributed by atoms with Crippen molar-refractivity contribution in [1.82, 2.24) is 25.0 Å². The van der Waals surface area contributed by atoms with Gasteiger partial charge in [-0.25, -0.2) is 19.4 Å². The maximum Gasteiger partial charge on any atom is 0.360 e. The van der Waals surface area contributed by atoms with Gasteiger partial charge in [-0.15, -0.1) is 5.10 Å². The quantitative estimate of drug-likeness (QED) is 0.686. The summed E-state index contributed by atoms with van der Waals surface area (Å²) >= 11 is 0. The predicted molar refractivity (Wildman–Crippen MR) is 99.0 cm³/mol. The third-order valence-electron chi connectivity index (χ3n) is 4.47. The van der Waals surface area contributed by atoms with Crippen molar-refractivity contribution in [3.8, 4) is 0 Å². The molecule has 0 saturated carbocycles. The van der Waals surface area contributed by atoms with Crippen molar-refractivity contribution in [3.63, 3.8) is 0 Å². The zero-order chi connectivity index (χ0) is 18.6. The molecule has 138 valence electrons. The zero-order valence-electron chi connectivity index (χ0n) is 14.8. The molecule has 1 atom stereocenters. The van der Waals surface area contributed by atoms with Gasteiger partial charge >= 0.3 is 5.97 Å². The Morgan fingerprint density at radius 1 is 1.26 bits per heavy atom. The number of methoxy groups -OCH3 is 1. The molecule has 9 heteroatoms. The highest BCUT2D eigenvalue weighted by molar-refractivity contribution is 5.86. The van der Waals surface area contributed by atoms with Gasteiger partial charge in [0, 0.05) is 24.8 Å². The van der Waals surface area contributed by atoms with E-state index in [-0.39, 0.29) is 11.7 Å². The maximum atomic E-state index is 11.5. The molecule has 1 saturated heterocycles. The molecule has 0 bridgehead atoms. The molecule has 3 aromatic rings. The van der Waals surface area contributed by atoms with Gasteiger partial charge in [-0.3, -0.25) is 0 Å². The van der Waals surface area contributed by atoms with Gasteiger partial charge in [0.05, 0.1) is 19.3 Å². The van der Waals surface area contributed by atoms with Crippen molar-refractivity contribution in [2.24, 2.45) is 0 Å². The van der Waals surface area contributed by atoms with E-state index in [1.54, 1.807) is 17.2 Å². The Kier molecular flexibility index (Phi) is 4.65. The lowest BCUT2D eigenvalue weighted by molar-refractivity contribution is 0.0594. The second-order valence-corrected chi connectivity index (χ2v) is 6.22. The largest absolute Gasteiger partial charge is 0.464 e. The molecule has 4 rings (SSSR count). The SMILES string of the molecule is COC(=O)c1cn(C2CCN(c3cc(Nc4ccccc4)ncn3)C2)nn1. The number of para-hydroxylation sites is 1. The van der Waals surface area contributed by atoms with E-state index in [1.165, 1.54) is 7.11 Å². The second kappa shape index (κ2) is 7.40. The Bertz CT molecular complexity index is 928. The summed E-state index contributed by atoms with van der Waals surface area (Å²) in [7, 11) is 1.33. The fourth-order valence-corrected chi connectivity index (χ4v) is 3.08. The van der Waals surface area contributed by atoms with Crippen LogP contribution in [-0.2, 0) is 4.74 Å². The normalized spacial score (nSPS) is 16.3. The van der Waals surface area contributed by atoms with E-state index in [2.05, 4.69) is 35.2 Å². The number of carbonyl (C=O) groups is 1. The lowest BCUT2D eigenvalue weighted by Gasteiger charge is -2.18. The molecule has 27 heavy (non-hydrogen) atoms. The van der Waals surface area contributed by atoms with Crippen molar-refractivity contribution in [2.45, 2.75) is 12.5 Å². The number of ether oxygens (including phenoxy) is 1. The molecule has 1 aliphatic rings. The van der Waals surface area contributed by atoms with E-state index in [9.17, 15) is 4.79 Å². The van der Waals surface area contributed by atoms with Crippen LogP contribution in [0.15, 0.2) is 48.9 Å². The second-order valence-electron chi connectivity index (χ2n) is 6.22. The van der Waals surface area contributed by atoms with Crippen LogP contribution in [0.2, 0.25) is 0 Å². The average Bonchev–Trinajstić information content (AvgIpc) is 3.38. The van der Waals surface area contributed by atoms with Gasteiger partial charge in [0.25, 0.3) is 0 Å². The standard InChI is InChI=1S/C18H19N7O2/c1-27-18(26)15-11-25(23-22-15)14-7-8-24(10-14)17-9-16(19-12-20-17)21-13-5-3-2-4-6-13/h2-6,9,11-12,14H,7-8,10H2,1H3,(H,19,20,21). The lowest BCUT2D eigenvalue weighted by Crippen LogP contribution is -2.22. The number of aromatic nitrogens is 5. The molecule has 3 heterocycles. The molecule has 1 fully saturated rings. The summed E-state index contributed by atoms with van der Waals surface area (Å²) in [4.78, 5) is 22.4. The summed E-state index contributed by atoms with van der Waals surface area (Å²) in [5.74, 6) is 1.10. The third kappa shape index (κ3) is 3.71. The highest BCUT2D eigenvalue weighted by atomic mass is 16.5. The Morgan fingerprint density at radius 2 is 2.11 bits per heavy atom. The van der Waals surface area contributed by atoms with Crippen molar-refractivity contribution in [1.29, 1.82) is 0 Å².